The Hall–Kier alpha value is -2.23. The fourth-order valence-electron chi connectivity index (χ4n) is 2.07. The van der Waals surface area contributed by atoms with Crippen LogP contribution < -0.4 is 33.6 Å². The number of aromatic nitrogens is 2. The van der Waals surface area contributed by atoms with Crippen LogP contribution >= 0.6 is 46.2 Å². The Morgan fingerprint density at radius 1 is 0.900 bits per heavy atom. The number of nitrogens with zero attached hydrogens (tertiary/aromatic N) is 4. The molecule has 30 heavy (non-hydrogen) atoms. The number of hydrogen-bond donors (Lipinski definition) is 6. The van der Waals surface area contributed by atoms with E-state index in [9.17, 15) is 4.79 Å². The summed E-state index contributed by atoms with van der Waals surface area (Å²) in [6.45, 7) is 0.916. The zero-order valence-corrected chi connectivity index (χ0v) is 19.2. The maximum absolute atomic E-state index is 11.9. The van der Waals surface area contributed by atoms with Gasteiger partial charge in [-0.05, 0) is 0 Å². The summed E-state index contributed by atoms with van der Waals surface area (Å²) in [5.41, 5.74) is 26.9. The predicted octanol–water partition coefficient (Wildman–Crippen LogP) is 0.609. The number of carbonyl (C=O) groups is 1. The van der Waals surface area contributed by atoms with Crippen molar-refractivity contribution in [1.82, 2.24) is 20.6 Å². The number of hydrogen-bond acceptors (Lipinski definition) is 9. The first-order valence-electron chi connectivity index (χ1n) is 8.64. The van der Waals surface area contributed by atoms with Crippen LogP contribution in [0.2, 0.25) is 0 Å². The Morgan fingerprint density at radius 2 is 1.33 bits per heavy atom. The van der Waals surface area contributed by atoms with Crippen molar-refractivity contribution < 1.29 is 4.79 Å². The van der Waals surface area contributed by atoms with E-state index in [1.165, 1.54) is 46.2 Å². The lowest BCUT2D eigenvalue weighted by Crippen LogP contribution is -2.37. The van der Waals surface area contributed by atoms with Crippen LogP contribution in [0.1, 0.15) is 22.1 Å². The maximum atomic E-state index is 11.9. The van der Waals surface area contributed by atoms with Crippen molar-refractivity contribution in [3.8, 4) is 0 Å². The van der Waals surface area contributed by atoms with Gasteiger partial charge in [0.1, 0.15) is 10.7 Å². The quantitative estimate of drug-likeness (QED) is 0.141. The molecule has 11 nitrogen and oxygen atoms in total. The van der Waals surface area contributed by atoms with Crippen molar-refractivity contribution in [2.75, 3.05) is 24.6 Å². The molecule has 0 fully saturated rings. The molecule has 2 atom stereocenters. The maximum Gasteiger partial charge on any atom is 0.314 e. The highest BCUT2D eigenvalue weighted by molar-refractivity contribution is 7.99. The molecular formula is C15H24N10OS4. The second-order valence-corrected chi connectivity index (χ2v) is 9.38. The Bertz CT molecular complexity index is 737. The van der Waals surface area contributed by atoms with Gasteiger partial charge in [-0.3, -0.25) is 0 Å². The van der Waals surface area contributed by atoms with Crippen LogP contribution in [-0.4, -0.2) is 52.5 Å². The molecule has 164 valence electrons. The molecule has 0 aliphatic carbocycles. The molecule has 2 unspecified atom stereocenters. The van der Waals surface area contributed by atoms with Gasteiger partial charge in [-0.1, -0.05) is 0 Å². The van der Waals surface area contributed by atoms with E-state index in [1.807, 2.05) is 10.8 Å². The van der Waals surface area contributed by atoms with Crippen LogP contribution in [-0.2, 0) is 0 Å². The number of rotatable bonds is 12. The molecule has 2 aromatic rings. The van der Waals surface area contributed by atoms with Crippen molar-refractivity contribution in [2.24, 2.45) is 32.9 Å². The van der Waals surface area contributed by atoms with Gasteiger partial charge in [0.2, 0.25) is 0 Å². The highest BCUT2D eigenvalue weighted by Gasteiger charge is 2.14. The Balaban J connectivity index is 1.65. The number of carbonyl (C=O) groups excluding carboxylic acids is 1. The van der Waals surface area contributed by atoms with Crippen LogP contribution in [0.3, 0.4) is 0 Å². The van der Waals surface area contributed by atoms with Crippen LogP contribution in [0.25, 0.3) is 0 Å². The first kappa shape index (κ1) is 24.0. The summed E-state index contributed by atoms with van der Waals surface area (Å²) in [7, 11) is 0. The molecule has 0 aromatic carbocycles. The van der Waals surface area contributed by atoms with Gasteiger partial charge in [-0.25, -0.2) is 24.7 Å². The molecule has 0 saturated carbocycles. The van der Waals surface area contributed by atoms with Crippen LogP contribution in [0.4, 0.5) is 4.79 Å². The topological polar surface area (TPSA) is 196 Å². The summed E-state index contributed by atoms with van der Waals surface area (Å²) in [5.74, 6) is 1.25. The standard InChI is InChI=1S/C15H24N10OS4/c16-13(17)24-11(9-5-27-7-22-9)29-3-1-20-15(26)21-2-4-30-12(25-14(18)19)10-6-28-8-23-10/h5-8,11-12H,1-4H2,(H4,16,17,24)(H4,18,19,25)(H2,20,21,26). The van der Waals surface area contributed by atoms with E-state index in [1.54, 1.807) is 11.0 Å². The first-order chi connectivity index (χ1) is 14.5. The minimum atomic E-state index is -0.291. The number of aliphatic imine (C=N–C) groups is 2. The Labute approximate surface area is 190 Å². The smallest absolute Gasteiger partial charge is 0.314 e. The lowest BCUT2D eigenvalue weighted by molar-refractivity contribution is 0.242. The molecule has 0 radical (unpaired) electrons. The molecule has 0 spiro atoms. The van der Waals surface area contributed by atoms with Gasteiger partial charge in [0.15, 0.2) is 11.9 Å². The second-order valence-electron chi connectivity index (χ2n) is 5.56. The van der Waals surface area contributed by atoms with Crippen LogP contribution in [0.5, 0.6) is 0 Å². The van der Waals surface area contributed by atoms with Gasteiger partial charge in [0, 0.05) is 35.4 Å². The molecule has 0 aliphatic rings. The summed E-state index contributed by atoms with van der Waals surface area (Å²) in [4.78, 5) is 28.8. The summed E-state index contributed by atoms with van der Waals surface area (Å²) in [6, 6.07) is -0.254. The molecule has 2 rings (SSSR count). The average molecular weight is 489 g/mol. The monoisotopic (exact) mass is 488 g/mol. The molecule has 0 bridgehead atoms. The number of thioether (sulfide) groups is 2. The van der Waals surface area contributed by atoms with E-state index < -0.39 is 0 Å². The lowest BCUT2D eigenvalue weighted by Gasteiger charge is -2.12. The van der Waals surface area contributed by atoms with Gasteiger partial charge >= 0.3 is 6.03 Å². The van der Waals surface area contributed by atoms with Gasteiger partial charge < -0.3 is 33.6 Å². The van der Waals surface area contributed by atoms with Gasteiger partial charge in [-0.15, -0.1) is 46.2 Å². The molecule has 0 saturated heterocycles. The van der Waals surface area contributed by atoms with Crippen molar-refractivity contribution >= 4 is 64.1 Å². The zero-order valence-electron chi connectivity index (χ0n) is 15.9. The van der Waals surface area contributed by atoms with Gasteiger partial charge in [0.25, 0.3) is 0 Å². The van der Waals surface area contributed by atoms with E-state index in [0.29, 0.717) is 24.6 Å². The number of thiazole rings is 2. The highest BCUT2D eigenvalue weighted by Crippen LogP contribution is 2.30. The number of amides is 2. The Kier molecular flexibility index (Phi) is 10.5. The molecule has 2 heterocycles. The van der Waals surface area contributed by atoms with Crippen molar-refractivity contribution in [3.05, 3.63) is 33.2 Å². The molecule has 0 aliphatic heterocycles. The van der Waals surface area contributed by atoms with Gasteiger partial charge in [0.05, 0.1) is 22.4 Å². The largest absolute Gasteiger partial charge is 0.370 e. The third kappa shape index (κ3) is 9.06. The zero-order chi connectivity index (χ0) is 21.8. The van der Waals surface area contributed by atoms with E-state index in [-0.39, 0.29) is 28.7 Å². The number of urea groups is 1. The molecule has 10 N–H and O–H groups in total. The van der Waals surface area contributed by atoms with E-state index in [0.717, 1.165) is 11.4 Å². The fraction of sp³-hybridized carbons (Fsp3) is 0.400. The fourth-order valence-corrected chi connectivity index (χ4v) is 5.26. The third-order valence-electron chi connectivity index (χ3n) is 3.27. The van der Waals surface area contributed by atoms with Crippen molar-refractivity contribution in [1.29, 1.82) is 0 Å². The molecule has 2 aromatic heterocycles. The highest BCUT2D eigenvalue weighted by atomic mass is 32.2. The summed E-state index contributed by atoms with van der Waals surface area (Å²) < 4.78 is 0. The molecular weight excluding hydrogens is 465 g/mol. The van der Waals surface area contributed by atoms with Crippen molar-refractivity contribution in [2.45, 2.75) is 10.7 Å². The lowest BCUT2D eigenvalue weighted by atomic mass is 10.5. The van der Waals surface area contributed by atoms with E-state index in [4.69, 9.17) is 22.9 Å². The summed E-state index contributed by atoms with van der Waals surface area (Å²) in [6.07, 6.45) is 0. The third-order valence-corrected chi connectivity index (χ3v) is 6.68. The predicted molar refractivity (Wildman–Crippen MR) is 128 cm³/mol. The molecule has 2 amide bonds. The average Bonchev–Trinajstić information content (AvgIpc) is 3.40. The van der Waals surface area contributed by atoms with Crippen molar-refractivity contribution in [3.63, 3.8) is 0 Å². The van der Waals surface area contributed by atoms with Gasteiger partial charge in [-0.2, -0.15) is 0 Å². The minimum Gasteiger partial charge on any atom is -0.370 e. The Morgan fingerprint density at radius 3 is 1.67 bits per heavy atom. The second kappa shape index (κ2) is 13.1. The first-order valence-corrected chi connectivity index (χ1v) is 12.6. The number of nitrogens with one attached hydrogen (secondary N) is 2. The minimum absolute atomic E-state index is 0.000356. The normalized spacial score (nSPS) is 12.5. The van der Waals surface area contributed by atoms with Crippen LogP contribution in [0.15, 0.2) is 31.8 Å². The summed E-state index contributed by atoms with van der Waals surface area (Å²) in [5, 5.41) is 8.80. The summed E-state index contributed by atoms with van der Waals surface area (Å²) >= 11 is 5.93. The van der Waals surface area contributed by atoms with E-state index in [2.05, 4.69) is 30.6 Å². The van der Waals surface area contributed by atoms with Crippen LogP contribution in [0, 0.1) is 0 Å². The van der Waals surface area contributed by atoms with E-state index >= 15 is 0 Å². The number of nitrogens with two attached hydrogens (primary N) is 4. The number of guanidine groups is 2. The SMILES string of the molecule is NC(N)=NC(SCCNC(=O)NCCSC(N=C(N)N)c1cscn1)c1cscn1. The molecule has 15 heteroatoms.